The van der Waals surface area contributed by atoms with Gasteiger partial charge in [0.05, 0.1) is 17.6 Å². The van der Waals surface area contributed by atoms with Gasteiger partial charge in [0, 0.05) is 37.2 Å². The number of aromatic amines is 1. The lowest BCUT2D eigenvalue weighted by Gasteiger charge is -2.44. The number of fused-ring (bicyclic) bond motifs is 4. The molecule has 6 nitrogen and oxygen atoms in total. The average molecular weight is 391 g/mol. The number of benzene rings is 1. The van der Waals surface area contributed by atoms with Crippen LogP contribution in [0.2, 0.25) is 0 Å². The Morgan fingerprint density at radius 2 is 1.81 bits per heavy atom. The highest BCUT2D eigenvalue weighted by molar-refractivity contribution is 7.89. The summed E-state index contributed by atoms with van der Waals surface area (Å²) in [4.78, 5) is 3.58. The summed E-state index contributed by atoms with van der Waals surface area (Å²) < 4.78 is 39.4. The van der Waals surface area contributed by atoms with Gasteiger partial charge in [-0.2, -0.15) is 0 Å². The summed E-state index contributed by atoms with van der Waals surface area (Å²) in [6.45, 7) is 2.83. The molecule has 3 aliphatic rings. The Hall–Kier alpha value is -1.41. The van der Waals surface area contributed by atoms with Gasteiger partial charge in [0.2, 0.25) is 10.0 Å². The Labute approximate surface area is 159 Å². The molecule has 2 aromatic rings. The molecule has 0 bridgehead atoms. The van der Waals surface area contributed by atoms with Crippen molar-refractivity contribution in [3.63, 3.8) is 0 Å². The minimum atomic E-state index is -3.25. The highest BCUT2D eigenvalue weighted by Gasteiger charge is 2.46. The molecule has 0 aliphatic carbocycles. The molecule has 2 fully saturated rings. The van der Waals surface area contributed by atoms with E-state index in [1.54, 1.807) is 4.31 Å². The zero-order valence-electron chi connectivity index (χ0n) is 15.4. The second kappa shape index (κ2) is 6.58. The molecule has 27 heavy (non-hydrogen) atoms. The summed E-state index contributed by atoms with van der Waals surface area (Å²) in [6, 6.07) is 8.38. The van der Waals surface area contributed by atoms with Crippen LogP contribution in [-0.2, 0) is 31.5 Å². The molecule has 0 amide bonds. The fraction of sp³-hybridized carbons (Fsp3) is 0.600. The maximum Gasteiger partial charge on any atom is 0.217 e. The van der Waals surface area contributed by atoms with E-state index in [0.29, 0.717) is 58.6 Å². The summed E-state index contributed by atoms with van der Waals surface area (Å²) in [6.07, 6.45) is 3.52. The van der Waals surface area contributed by atoms with Crippen molar-refractivity contribution in [2.24, 2.45) is 0 Å². The van der Waals surface area contributed by atoms with Crippen molar-refractivity contribution in [1.29, 1.82) is 0 Å². The van der Waals surface area contributed by atoms with E-state index in [2.05, 4.69) is 23.2 Å². The first-order chi connectivity index (χ1) is 13.1. The summed E-state index contributed by atoms with van der Waals surface area (Å²) in [5.41, 5.74) is 3.27. The predicted octanol–water partition coefficient (Wildman–Crippen LogP) is 2.54. The third-order valence-electron chi connectivity index (χ3n) is 6.48. The molecule has 146 valence electrons. The van der Waals surface area contributed by atoms with Crippen molar-refractivity contribution in [3.05, 3.63) is 35.5 Å². The number of para-hydroxylation sites is 1. The molecule has 1 N–H and O–H groups in total. The van der Waals surface area contributed by atoms with Gasteiger partial charge >= 0.3 is 0 Å². The number of hydrogen-bond acceptors (Lipinski definition) is 4. The molecule has 1 aromatic carbocycles. The third-order valence-corrected chi connectivity index (χ3v) is 8.88. The van der Waals surface area contributed by atoms with Gasteiger partial charge in [-0.15, -0.1) is 0 Å². The monoisotopic (exact) mass is 390 g/mol. The van der Waals surface area contributed by atoms with Crippen LogP contribution in [0.15, 0.2) is 24.3 Å². The second-order valence-corrected chi connectivity index (χ2v) is 10.1. The summed E-state index contributed by atoms with van der Waals surface area (Å²) in [7, 11) is -3.25. The fourth-order valence-electron chi connectivity index (χ4n) is 4.95. The lowest BCUT2D eigenvalue weighted by molar-refractivity contribution is -0.0916. The molecule has 3 aliphatic heterocycles. The quantitative estimate of drug-likeness (QED) is 0.855. The van der Waals surface area contributed by atoms with Gasteiger partial charge < -0.3 is 14.5 Å². The van der Waals surface area contributed by atoms with Gasteiger partial charge in [0.25, 0.3) is 0 Å². The standard InChI is InChI=1S/C20H26N2O4S/c23-27(24,15-5-12-25-13-6-15)22-10-8-20(9-11-22)19-17(7-14-26-20)16-3-1-2-4-18(16)21-19/h1-4,15,21H,5-14H2. The van der Waals surface area contributed by atoms with Crippen molar-refractivity contribution in [1.82, 2.24) is 9.29 Å². The van der Waals surface area contributed by atoms with Crippen molar-refractivity contribution < 1.29 is 17.9 Å². The summed E-state index contributed by atoms with van der Waals surface area (Å²) in [5.74, 6) is 0. The maximum absolute atomic E-state index is 13.0. The van der Waals surface area contributed by atoms with E-state index in [0.717, 1.165) is 17.6 Å². The van der Waals surface area contributed by atoms with Crippen LogP contribution in [0, 0.1) is 0 Å². The summed E-state index contributed by atoms with van der Waals surface area (Å²) >= 11 is 0. The van der Waals surface area contributed by atoms with Crippen molar-refractivity contribution in [3.8, 4) is 0 Å². The number of sulfonamides is 1. The van der Waals surface area contributed by atoms with E-state index in [9.17, 15) is 8.42 Å². The number of aromatic nitrogens is 1. The Kier molecular flexibility index (Phi) is 4.31. The number of hydrogen-bond donors (Lipinski definition) is 1. The predicted molar refractivity (Wildman–Crippen MR) is 103 cm³/mol. The smallest absolute Gasteiger partial charge is 0.217 e. The lowest BCUT2D eigenvalue weighted by Crippen LogP contribution is -2.51. The maximum atomic E-state index is 13.0. The zero-order valence-corrected chi connectivity index (χ0v) is 16.3. The van der Waals surface area contributed by atoms with E-state index < -0.39 is 10.0 Å². The molecule has 4 heterocycles. The van der Waals surface area contributed by atoms with Gasteiger partial charge in [0.15, 0.2) is 0 Å². The van der Waals surface area contributed by atoms with Crippen molar-refractivity contribution in [2.75, 3.05) is 32.9 Å². The molecule has 1 aromatic heterocycles. The minimum absolute atomic E-state index is 0.295. The van der Waals surface area contributed by atoms with Crippen LogP contribution >= 0.6 is 0 Å². The van der Waals surface area contributed by atoms with Crippen molar-refractivity contribution >= 4 is 20.9 Å². The topological polar surface area (TPSA) is 71.6 Å². The second-order valence-electron chi connectivity index (χ2n) is 7.87. The van der Waals surface area contributed by atoms with Gasteiger partial charge in [-0.1, -0.05) is 18.2 Å². The third kappa shape index (κ3) is 2.83. The van der Waals surface area contributed by atoms with Crippen LogP contribution in [0.4, 0.5) is 0 Å². The van der Waals surface area contributed by atoms with E-state index in [1.807, 2.05) is 6.07 Å². The molecule has 0 unspecified atom stereocenters. The van der Waals surface area contributed by atoms with Crippen LogP contribution in [0.5, 0.6) is 0 Å². The van der Waals surface area contributed by atoms with Crippen molar-refractivity contribution in [2.45, 2.75) is 43.0 Å². The molecule has 0 saturated carbocycles. The molecule has 5 rings (SSSR count). The Morgan fingerprint density at radius 1 is 1.07 bits per heavy atom. The molecule has 0 radical (unpaired) electrons. The molecule has 7 heteroatoms. The normalized spacial score (nSPS) is 24.3. The average Bonchev–Trinajstić information content (AvgIpc) is 3.10. The fourth-order valence-corrected chi connectivity index (χ4v) is 6.85. The molecule has 2 saturated heterocycles. The first-order valence-corrected chi connectivity index (χ1v) is 11.4. The Bertz CT molecular complexity index is 938. The van der Waals surface area contributed by atoms with Gasteiger partial charge in [-0.25, -0.2) is 12.7 Å². The highest BCUT2D eigenvalue weighted by Crippen LogP contribution is 2.44. The number of nitrogens with one attached hydrogen (secondary N) is 1. The SMILES string of the molecule is O=S(=O)(C1CCOCC1)N1CCC2(CC1)OCCc1c2[nH]c2ccccc12. The van der Waals surface area contributed by atoms with Crippen LogP contribution in [-0.4, -0.2) is 55.9 Å². The molecular formula is C20H26N2O4S. The molecule has 1 spiro atoms. The Balaban J connectivity index is 1.41. The van der Waals surface area contributed by atoms with Gasteiger partial charge in [-0.3, -0.25) is 0 Å². The lowest BCUT2D eigenvalue weighted by atomic mass is 9.84. The van der Waals surface area contributed by atoms with E-state index in [-0.39, 0.29) is 10.9 Å². The number of H-pyrrole nitrogens is 1. The first-order valence-electron chi connectivity index (χ1n) is 9.91. The molecule has 0 atom stereocenters. The number of rotatable bonds is 2. The number of piperidine rings is 1. The number of ether oxygens (including phenoxy) is 2. The first kappa shape index (κ1) is 17.7. The largest absolute Gasteiger partial charge is 0.381 e. The molecular weight excluding hydrogens is 364 g/mol. The van der Waals surface area contributed by atoms with Crippen LogP contribution in [0.3, 0.4) is 0 Å². The Morgan fingerprint density at radius 3 is 2.59 bits per heavy atom. The van der Waals surface area contributed by atoms with Crippen LogP contribution < -0.4 is 0 Å². The zero-order chi connectivity index (χ0) is 18.5. The van der Waals surface area contributed by atoms with E-state index >= 15 is 0 Å². The van der Waals surface area contributed by atoms with E-state index in [1.165, 1.54) is 10.9 Å². The van der Waals surface area contributed by atoms with Crippen LogP contribution in [0.25, 0.3) is 10.9 Å². The summed E-state index contributed by atoms with van der Waals surface area (Å²) in [5, 5.41) is 0.976. The van der Waals surface area contributed by atoms with Crippen LogP contribution in [0.1, 0.15) is 36.9 Å². The number of nitrogens with zero attached hydrogens (tertiary/aromatic N) is 1. The minimum Gasteiger partial charge on any atom is -0.381 e. The van der Waals surface area contributed by atoms with Gasteiger partial charge in [0.1, 0.15) is 5.60 Å². The van der Waals surface area contributed by atoms with E-state index in [4.69, 9.17) is 9.47 Å². The highest BCUT2D eigenvalue weighted by atomic mass is 32.2. The van der Waals surface area contributed by atoms with Gasteiger partial charge in [-0.05, 0) is 43.7 Å².